The smallest absolute Gasteiger partial charge is 0.334 e. The Hall–Kier alpha value is -0.830. The normalized spacial score (nSPS) is 51.6. The molecule has 3 nitrogen and oxygen atoms in total. The summed E-state index contributed by atoms with van der Waals surface area (Å²) in [4.78, 5) is 11.6. The minimum Gasteiger partial charge on any atom is -0.458 e. The molecule has 3 aliphatic rings. The number of rotatable bonds is 0. The summed E-state index contributed by atoms with van der Waals surface area (Å²) in [6.07, 6.45) is 4.63. The summed E-state index contributed by atoms with van der Waals surface area (Å²) >= 11 is 0. The fourth-order valence-corrected chi connectivity index (χ4v) is 4.46. The van der Waals surface area contributed by atoms with E-state index in [0.29, 0.717) is 17.9 Å². The third-order valence-electron chi connectivity index (χ3n) is 5.83. The second-order valence-corrected chi connectivity index (χ2v) is 6.76. The van der Waals surface area contributed by atoms with Gasteiger partial charge in [0.05, 0.1) is 5.60 Å². The number of carbonyl (C=O) groups is 1. The molecule has 1 N–H and O–H groups in total. The molecule has 1 saturated heterocycles. The highest BCUT2D eigenvalue weighted by Crippen LogP contribution is 2.59. The molecular weight excluding hydrogens is 228 g/mol. The van der Waals surface area contributed by atoms with Crippen LogP contribution in [-0.4, -0.2) is 22.8 Å². The summed E-state index contributed by atoms with van der Waals surface area (Å²) in [6, 6.07) is 0. The highest BCUT2D eigenvalue weighted by atomic mass is 16.6. The van der Waals surface area contributed by atoms with Crippen LogP contribution in [-0.2, 0) is 9.53 Å². The molecule has 5 atom stereocenters. The van der Waals surface area contributed by atoms with Crippen LogP contribution in [0.3, 0.4) is 0 Å². The van der Waals surface area contributed by atoms with Crippen LogP contribution in [0.5, 0.6) is 0 Å². The average molecular weight is 250 g/mol. The van der Waals surface area contributed by atoms with E-state index in [2.05, 4.69) is 20.4 Å². The molecule has 1 aliphatic heterocycles. The topological polar surface area (TPSA) is 46.5 Å². The van der Waals surface area contributed by atoms with E-state index >= 15 is 0 Å². The first-order valence-corrected chi connectivity index (χ1v) is 6.99. The quantitative estimate of drug-likeness (QED) is 0.530. The predicted octanol–water partition coefficient (Wildman–Crippen LogP) is 2.44. The fourth-order valence-electron chi connectivity index (χ4n) is 4.46. The molecule has 0 aromatic carbocycles. The summed E-state index contributed by atoms with van der Waals surface area (Å²) in [7, 11) is 0. The lowest BCUT2D eigenvalue weighted by Gasteiger charge is -2.57. The lowest BCUT2D eigenvalue weighted by atomic mass is 9.51. The molecule has 0 bridgehead atoms. The maximum Gasteiger partial charge on any atom is 0.334 e. The lowest BCUT2D eigenvalue weighted by Crippen LogP contribution is -2.59. The average Bonchev–Trinajstić information content (AvgIpc) is 2.55. The van der Waals surface area contributed by atoms with Crippen LogP contribution >= 0.6 is 0 Å². The van der Waals surface area contributed by atoms with E-state index in [1.165, 1.54) is 0 Å². The van der Waals surface area contributed by atoms with Crippen LogP contribution in [0, 0.1) is 17.3 Å². The highest BCUT2D eigenvalue weighted by molar-refractivity contribution is 5.90. The predicted molar refractivity (Wildman–Crippen MR) is 67.8 cm³/mol. The van der Waals surface area contributed by atoms with Crippen molar-refractivity contribution in [3.63, 3.8) is 0 Å². The maximum atomic E-state index is 11.6. The monoisotopic (exact) mass is 250 g/mol. The Morgan fingerprint density at radius 3 is 2.89 bits per heavy atom. The van der Waals surface area contributed by atoms with Gasteiger partial charge in [0.15, 0.2) is 0 Å². The Balaban J connectivity index is 1.97. The molecule has 3 heteroatoms. The van der Waals surface area contributed by atoms with E-state index in [1.54, 1.807) is 0 Å². The van der Waals surface area contributed by atoms with Crippen molar-refractivity contribution < 1.29 is 14.6 Å². The van der Waals surface area contributed by atoms with Gasteiger partial charge in [-0.25, -0.2) is 4.79 Å². The van der Waals surface area contributed by atoms with Gasteiger partial charge < -0.3 is 9.84 Å². The van der Waals surface area contributed by atoms with Gasteiger partial charge in [0, 0.05) is 16.9 Å². The Bertz CT molecular complexity index is 416. The van der Waals surface area contributed by atoms with Gasteiger partial charge in [-0.2, -0.15) is 0 Å². The van der Waals surface area contributed by atoms with Crippen LogP contribution in [0.25, 0.3) is 0 Å². The third kappa shape index (κ3) is 1.37. The zero-order valence-electron chi connectivity index (χ0n) is 11.2. The van der Waals surface area contributed by atoms with Crippen LogP contribution in [0.15, 0.2) is 12.2 Å². The Morgan fingerprint density at radius 1 is 1.44 bits per heavy atom. The fraction of sp³-hybridized carbons (Fsp3) is 0.800. The van der Waals surface area contributed by atoms with Crippen molar-refractivity contribution in [2.45, 2.75) is 57.7 Å². The van der Waals surface area contributed by atoms with Gasteiger partial charge in [0.2, 0.25) is 0 Å². The van der Waals surface area contributed by atoms with E-state index in [4.69, 9.17) is 4.74 Å². The molecule has 0 aromatic rings. The van der Waals surface area contributed by atoms with Gasteiger partial charge in [-0.3, -0.25) is 0 Å². The van der Waals surface area contributed by atoms with Crippen LogP contribution < -0.4 is 0 Å². The number of esters is 1. The van der Waals surface area contributed by atoms with Crippen molar-refractivity contribution >= 4 is 5.97 Å². The molecule has 0 unspecified atom stereocenters. The molecular formula is C15H22O3. The first-order valence-electron chi connectivity index (χ1n) is 6.99. The van der Waals surface area contributed by atoms with E-state index in [1.807, 2.05) is 0 Å². The molecule has 18 heavy (non-hydrogen) atoms. The van der Waals surface area contributed by atoms with Gasteiger partial charge in [-0.05, 0) is 31.6 Å². The Kier molecular flexibility index (Phi) is 2.44. The van der Waals surface area contributed by atoms with Crippen LogP contribution in [0.4, 0.5) is 0 Å². The number of carbonyl (C=O) groups excluding carboxylic acids is 1. The number of hydrogen-bond acceptors (Lipinski definition) is 3. The first-order chi connectivity index (χ1) is 8.37. The first kappa shape index (κ1) is 12.2. The van der Waals surface area contributed by atoms with Crippen molar-refractivity contribution in [3.8, 4) is 0 Å². The minimum atomic E-state index is -0.663. The Morgan fingerprint density at radius 2 is 2.17 bits per heavy atom. The van der Waals surface area contributed by atoms with Crippen molar-refractivity contribution in [2.75, 3.05) is 0 Å². The number of aliphatic hydroxyl groups is 1. The molecule has 0 aromatic heterocycles. The molecule has 3 rings (SSSR count). The number of fused-ring (bicyclic) bond motifs is 2. The van der Waals surface area contributed by atoms with E-state index in [-0.39, 0.29) is 23.4 Å². The minimum absolute atomic E-state index is 0.0242. The highest BCUT2D eigenvalue weighted by Gasteiger charge is 2.61. The van der Waals surface area contributed by atoms with E-state index < -0.39 is 5.60 Å². The Labute approximate surface area is 108 Å². The van der Waals surface area contributed by atoms with Gasteiger partial charge in [-0.15, -0.1) is 0 Å². The van der Waals surface area contributed by atoms with Crippen molar-refractivity contribution in [1.82, 2.24) is 0 Å². The van der Waals surface area contributed by atoms with Crippen LogP contribution in [0.2, 0.25) is 0 Å². The molecule has 1 heterocycles. The second kappa shape index (κ2) is 3.60. The lowest BCUT2D eigenvalue weighted by molar-refractivity contribution is -0.194. The zero-order valence-corrected chi connectivity index (χ0v) is 11.2. The molecule has 2 aliphatic carbocycles. The zero-order chi connectivity index (χ0) is 13.1. The molecule has 100 valence electrons. The molecule has 0 amide bonds. The van der Waals surface area contributed by atoms with E-state index in [0.717, 1.165) is 25.7 Å². The summed E-state index contributed by atoms with van der Waals surface area (Å²) < 4.78 is 5.42. The van der Waals surface area contributed by atoms with E-state index in [9.17, 15) is 9.90 Å². The molecule has 2 saturated carbocycles. The summed E-state index contributed by atoms with van der Waals surface area (Å²) in [5.74, 6) is 0.0559. The molecule has 3 fully saturated rings. The summed E-state index contributed by atoms with van der Waals surface area (Å²) in [5.41, 5.74) is -0.215. The maximum absolute atomic E-state index is 11.6. The largest absolute Gasteiger partial charge is 0.458 e. The van der Waals surface area contributed by atoms with Gasteiger partial charge in [0.1, 0.15) is 6.10 Å². The summed E-state index contributed by atoms with van der Waals surface area (Å²) in [5, 5.41) is 11.2. The molecule has 0 radical (unpaired) electrons. The SMILES string of the molecule is C=C1C(=O)O[C@@H]2C[C@@]3(C)CCC[C@H](C)[C@]3(O)C[C@H]12. The van der Waals surface area contributed by atoms with Gasteiger partial charge >= 0.3 is 5.97 Å². The second-order valence-electron chi connectivity index (χ2n) is 6.76. The molecule has 0 spiro atoms. The van der Waals surface area contributed by atoms with Crippen molar-refractivity contribution in [2.24, 2.45) is 17.3 Å². The number of ether oxygens (including phenoxy) is 1. The van der Waals surface area contributed by atoms with Gasteiger partial charge in [0.25, 0.3) is 0 Å². The van der Waals surface area contributed by atoms with Gasteiger partial charge in [-0.1, -0.05) is 26.8 Å². The summed E-state index contributed by atoms with van der Waals surface area (Å²) in [6.45, 7) is 8.15. The third-order valence-corrected chi connectivity index (χ3v) is 5.83. The van der Waals surface area contributed by atoms with Crippen LogP contribution in [0.1, 0.15) is 46.0 Å². The standard InChI is InChI=1S/C15H22O3/c1-9-5-4-6-14(3)8-12-11(7-15(9,14)17)10(2)13(16)18-12/h9,11-12,17H,2,4-8H2,1,3H3/t9-,11+,12+,14+,15+/m0/s1. The van der Waals surface area contributed by atoms with Crippen molar-refractivity contribution in [3.05, 3.63) is 12.2 Å². The number of hydrogen-bond donors (Lipinski definition) is 1. The van der Waals surface area contributed by atoms with Crippen molar-refractivity contribution in [1.29, 1.82) is 0 Å².